The van der Waals surface area contributed by atoms with E-state index in [1.165, 1.54) is 0 Å². The molecule has 0 saturated carbocycles. The van der Waals surface area contributed by atoms with Crippen LogP contribution < -0.4 is 4.74 Å². The summed E-state index contributed by atoms with van der Waals surface area (Å²) >= 11 is 0. The summed E-state index contributed by atoms with van der Waals surface area (Å²) in [5.74, 6) is 0.403. The highest BCUT2D eigenvalue weighted by atomic mass is 16.7. The molecule has 17 heavy (non-hydrogen) atoms. The van der Waals surface area contributed by atoms with Gasteiger partial charge in [-0.25, -0.2) is 0 Å². The Labute approximate surface area is 103 Å². The summed E-state index contributed by atoms with van der Waals surface area (Å²) in [4.78, 5) is 0. The molecule has 1 aliphatic heterocycles. The summed E-state index contributed by atoms with van der Waals surface area (Å²) in [6.45, 7) is 7.28. The molecule has 1 unspecified atom stereocenters. The van der Waals surface area contributed by atoms with Gasteiger partial charge in [-0.15, -0.1) is 0 Å². The Balaban J connectivity index is 2.21. The van der Waals surface area contributed by atoms with E-state index >= 15 is 0 Å². The zero-order chi connectivity index (χ0) is 12.3. The molecule has 1 aromatic carbocycles. The number of benzene rings is 1. The van der Waals surface area contributed by atoms with Gasteiger partial charge in [-0.3, -0.25) is 0 Å². The second-order valence-corrected chi connectivity index (χ2v) is 4.61. The van der Waals surface area contributed by atoms with Gasteiger partial charge >= 0.3 is 0 Å². The zero-order valence-corrected chi connectivity index (χ0v) is 10.7. The lowest BCUT2D eigenvalue weighted by molar-refractivity contribution is -0.275. The van der Waals surface area contributed by atoms with Crippen LogP contribution in [-0.4, -0.2) is 19.0 Å². The lowest BCUT2D eigenvalue weighted by atomic mass is 10.0. The van der Waals surface area contributed by atoms with Gasteiger partial charge < -0.3 is 14.2 Å². The summed E-state index contributed by atoms with van der Waals surface area (Å²) in [5, 5.41) is 0. The molecule has 0 bridgehead atoms. The van der Waals surface area contributed by atoms with Crippen molar-refractivity contribution in [3.63, 3.8) is 0 Å². The lowest BCUT2D eigenvalue weighted by Crippen LogP contribution is -2.36. The van der Waals surface area contributed by atoms with Crippen molar-refractivity contribution in [2.45, 2.75) is 39.1 Å². The predicted octanol–water partition coefficient (Wildman–Crippen LogP) is 3.30. The number of para-hydroxylation sites is 1. The maximum Gasteiger partial charge on any atom is 0.163 e. The van der Waals surface area contributed by atoms with Gasteiger partial charge in [-0.05, 0) is 26.8 Å². The van der Waals surface area contributed by atoms with Gasteiger partial charge in [0.05, 0.1) is 19.3 Å². The van der Waals surface area contributed by atoms with E-state index in [0.29, 0.717) is 6.61 Å². The Morgan fingerprint density at radius 1 is 1.35 bits per heavy atom. The molecule has 0 aliphatic carbocycles. The van der Waals surface area contributed by atoms with E-state index in [9.17, 15) is 0 Å². The molecule has 0 radical (unpaired) electrons. The molecule has 3 nitrogen and oxygen atoms in total. The monoisotopic (exact) mass is 236 g/mol. The van der Waals surface area contributed by atoms with Crippen LogP contribution in [0, 0.1) is 0 Å². The maximum absolute atomic E-state index is 5.94. The second-order valence-electron chi connectivity index (χ2n) is 4.61. The Kier molecular flexibility index (Phi) is 3.69. The molecule has 1 heterocycles. The second kappa shape index (κ2) is 5.07. The first-order chi connectivity index (χ1) is 8.12. The van der Waals surface area contributed by atoms with Crippen molar-refractivity contribution in [2.75, 3.05) is 13.2 Å². The first-order valence-electron chi connectivity index (χ1n) is 6.16. The standard InChI is InChI=1S/C14H20O3/c1-4-15-12-8-6-5-7-11(12)13-9-10-16-14(2,3)17-13/h5-8,13H,4,9-10H2,1-3H3. The predicted molar refractivity (Wildman–Crippen MR) is 66.1 cm³/mol. The molecule has 94 valence electrons. The molecular weight excluding hydrogens is 216 g/mol. The molecule has 0 aromatic heterocycles. The van der Waals surface area contributed by atoms with Crippen LogP contribution >= 0.6 is 0 Å². The van der Waals surface area contributed by atoms with E-state index in [4.69, 9.17) is 14.2 Å². The van der Waals surface area contributed by atoms with Crippen LogP contribution in [0.3, 0.4) is 0 Å². The quantitative estimate of drug-likeness (QED) is 0.806. The molecule has 0 amide bonds. The van der Waals surface area contributed by atoms with Crippen LogP contribution in [0.25, 0.3) is 0 Å². The minimum absolute atomic E-state index is 0.0569. The zero-order valence-electron chi connectivity index (χ0n) is 10.7. The third-order valence-electron chi connectivity index (χ3n) is 2.82. The molecule has 1 atom stereocenters. The van der Waals surface area contributed by atoms with Crippen LogP contribution in [0.5, 0.6) is 5.75 Å². The molecular formula is C14H20O3. The van der Waals surface area contributed by atoms with Gasteiger partial charge in [0.2, 0.25) is 0 Å². The highest BCUT2D eigenvalue weighted by molar-refractivity contribution is 5.35. The highest BCUT2D eigenvalue weighted by Crippen LogP contribution is 2.36. The normalized spacial score (nSPS) is 23.4. The lowest BCUT2D eigenvalue weighted by Gasteiger charge is -2.36. The van der Waals surface area contributed by atoms with Gasteiger partial charge in [0.25, 0.3) is 0 Å². The topological polar surface area (TPSA) is 27.7 Å². The van der Waals surface area contributed by atoms with Crippen molar-refractivity contribution in [1.29, 1.82) is 0 Å². The largest absolute Gasteiger partial charge is 0.493 e. The number of ether oxygens (including phenoxy) is 3. The fraction of sp³-hybridized carbons (Fsp3) is 0.571. The summed E-state index contributed by atoms with van der Waals surface area (Å²) < 4.78 is 17.1. The van der Waals surface area contributed by atoms with E-state index in [2.05, 4.69) is 6.07 Å². The summed E-state index contributed by atoms with van der Waals surface area (Å²) in [7, 11) is 0. The van der Waals surface area contributed by atoms with Gasteiger partial charge in [0, 0.05) is 12.0 Å². The van der Waals surface area contributed by atoms with Gasteiger partial charge in [0.1, 0.15) is 5.75 Å². The van der Waals surface area contributed by atoms with E-state index in [0.717, 1.165) is 24.3 Å². The Hall–Kier alpha value is -1.06. The fourth-order valence-electron chi connectivity index (χ4n) is 2.10. The maximum atomic E-state index is 5.94. The first-order valence-corrected chi connectivity index (χ1v) is 6.16. The van der Waals surface area contributed by atoms with Gasteiger partial charge in [0.15, 0.2) is 5.79 Å². The van der Waals surface area contributed by atoms with Crippen molar-refractivity contribution in [2.24, 2.45) is 0 Å². The molecule has 1 fully saturated rings. The number of hydrogen-bond acceptors (Lipinski definition) is 3. The van der Waals surface area contributed by atoms with Crippen molar-refractivity contribution in [3.05, 3.63) is 29.8 Å². The van der Waals surface area contributed by atoms with Crippen LogP contribution in [0.2, 0.25) is 0 Å². The van der Waals surface area contributed by atoms with Crippen molar-refractivity contribution in [3.8, 4) is 5.75 Å². The van der Waals surface area contributed by atoms with Crippen molar-refractivity contribution in [1.82, 2.24) is 0 Å². The third kappa shape index (κ3) is 2.99. The van der Waals surface area contributed by atoms with Crippen LogP contribution in [0.1, 0.15) is 38.9 Å². The van der Waals surface area contributed by atoms with Crippen LogP contribution in [-0.2, 0) is 9.47 Å². The van der Waals surface area contributed by atoms with E-state index in [1.807, 2.05) is 39.0 Å². The van der Waals surface area contributed by atoms with Crippen molar-refractivity contribution >= 4 is 0 Å². The Morgan fingerprint density at radius 3 is 2.82 bits per heavy atom. The highest BCUT2D eigenvalue weighted by Gasteiger charge is 2.31. The van der Waals surface area contributed by atoms with Crippen LogP contribution in [0.4, 0.5) is 0 Å². The molecule has 2 rings (SSSR count). The SMILES string of the molecule is CCOc1ccccc1C1CCOC(C)(C)O1. The Morgan fingerprint density at radius 2 is 2.12 bits per heavy atom. The van der Waals surface area contributed by atoms with Gasteiger partial charge in [-0.2, -0.15) is 0 Å². The molecule has 0 spiro atoms. The summed E-state index contributed by atoms with van der Waals surface area (Å²) in [5.41, 5.74) is 1.12. The van der Waals surface area contributed by atoms with E-state index in [-0.39, 0.29) is 6.10 Å². The minimum atomic E-state index is -0.512. The summed E-state index contributed by atoms with van der Waals surface area (Å²) in [6.07, 6.45) is 0.926. The summed E-state index contributed by atoms with van der Waals surface area (Å²) in [6, 6.07) is 8.06. The Bertz CT molecular complexity index is 373. The van der Waals surface area contributed by atoms with Crippen LogP contribution in [0.15, 0.2) is 24.3 Å². The van der Waals surface area contributed by atoms with Crippen molar-refractivity contribution < 1.29 is 14.2 Å². The molecule has 1 aliphatic rings. The number of rotatable bonds is 3. The molecule has 0 N–H and O–H groups in total. The molecule has 1 saturated heterocycles. The first kappa shape index (κ1) is 12.4. The molecule has 1 aromatic rings. The average Bonchev–Trinajstić information content (AvgIpc) is 2.29. The van der Waals surface area contributed by atoms with E-state index < -0.39 is 5.79 Å². The average molecular weight is 236 g/mol. The fourth-order valence-corrected chi connectivity index (χ4v) is 2.10. The number of hydrogen-bond donors (Lipinski definition) is 0. The van der Waals surface area contributed by atoms with E-state index in [1.54, 1.807) is 0 Å². The third-order valence-corrected chi connectivity index (χ3v) is 2.82. The molecule has 3 heteroatoms. The minimum Gasteiger partial charge on any atom is -0.493 e. The van der Waals surface area contributed by atoms with Gasteiger partial charge in [-0.1, -0.05) is 18.2 Å². The smallest absolute Gasteiger partial charge is 0.163 e.